The first kappa shape index (κ1) is 14.4. The summed E-state index contributed by atoms with van der Waals surface area (Å²) in [4.78, 5) is 4.08. The van der Waals surface area contributed by atoms with E-state index in [1.807, 2.05) is 54.6 Å². The van der Waals surface area contributed by atoms with Crippen LogP contribution in [0.1, 0.15) is 0 Å². The van der Waals surface area contributed by atoms with E-state index in [1.165, 1.54) is 0 Å². The number of hydrogen-bond acceptors (Lipinski definition) is 3. The number of nitrogens with zero attached hydrogens (tertiary/aromatic N) is 3. The lowest BCUT2D eigenvalue weighted by atomic mass is 9.93. The molecule has 0 unspecified atom stereocenters. The van der Waals surface area contributed by atoms with E-state index in [-0.39, 0.29) is 0 Å². The molecule has 0 radical (unpaired) electrons. The summed E-state index contributed by atoms with van der Waals surface area (Å²) in [6.07, 6.45) is 3.52. The Morgan fingerprint density at radius 2 is 1.50 bits per heavy atom. The van der Waals surface area contributed by atoms with Crippen LogP contribution >= 0.6 is 11.6 Å². The monoisotopic (exact) mass is 307 g/mol. The predicted molar refractivity (Wildman–Crippen MR) is 90.6 cm³/mol. The van der Waals surface area contributed by atoms with Crippen molar-refractivity contribution in [1.29, 1.82) is 0 Å². The molecule has 0 atom stereocenters. The third kappa shape index (κ3) is 2.76. The second-order valence-corrected chi connectivity index (χ2v) is 5.13. The van der Waals surface area contributed by atoms with E-state index in [0.29, 0.717) is 5.02 Å². The number of pyridine rings is 1. The first-order valence-corrected chi connectivity index (χ1v) is 7.27. The molecule has 0 saturated carbocycles. The molecule has 22 heavy (non-hydrogen) atoms. The van der Waals surface area contributed by atoms with E-state index in [4.69, 9.17) is 11.6 Å². The van der Waals surface area contributed by atoms with Crippen LogP contribution in [-0.4, -0.2) is 12.0 Å². The van der Waals surface area contributed by atoms with E-state index in [1.54, 1.807) is 19.4 Å². The van der Waals surface area contributed by atoms with E-state index in [2.05, 4.69) is 15.2 Å². The molecule has 0 spiro atoms. The summed E-state index contributed by atoms with van der Waals surface area (Å²) < 4.78 is 0. The standard InChI is InChI=1S/C18H14ClN3/c1-20-22-16-8-7-15(19)17(13-5-3-2-4-6-13)18(16)14-9-11-21-12-10-14/h2-12H,1H3. The van der Waals surface area contributed by atoms with Crippen molar-refractivity contribution in [2.45, 2.75) is 0 Å². The fraction of sp³-hybridized carbons (Fsp3) is 0.0556. The fourth-order valence-electron chi connectivity index (χ4n) is 2.46. The van der Waals surface area contributed by atoms with Crippen LogP contribution in [0.2, 0.25) is 5.02 Å². The van der Waals surface area contributed by atoms with Gasteiger partial charge in [-0.15, -0.1) is 0 Å². The van der Waals surface area contributed by atoms with Gasteiger partial charge in [-0.1, -0.05) is 41.9 Å². The smallest absolute Gasteiger partial charge is 0.0938 e. The van der Waals surface area contributed by atoms with Gasteiger partial charge in [-0.25, -0.2) is 0 Å². The zero-order valence-corrected chi connectivity index (χ0v) is 12.8. The molecule has 0 bridgehead atoms. The van der Waals surface area contributed by atoms with E-state index < -0.39 is 0 Å². The van der Waals surface area contributed by atoms with Gasteiger partial charge in [0, 0.05) is 35.6 Å². The lowest BCUT2D eigenvalue weighted by Gasteiger charge is -2.14. The predicted octanol–water partition coefficient (Wildman–Crippen LogP) is 5.78. The van der Waals surface area contributed by atoms with Gasteiger partial charge in [0.2, 0.25) is 0 Å². The van der Waals surface area contributed by atoms with Crippen LogP contribution in [0.4, 0.5) is 5.69 Å². The normalized spacial score (nSPS) is 11.0. The van der Waals surface area contributed by atoms with Crippen LogP contribution in [0.5, 0.6) is 0 Å². The van der Waals surface area contributed by atoms with Crippen molar-refractivity contribution in [3.05, 3.63) is 72.0 Å². The topological polar surface area (TPSA) is 37.6 Å². The van der Waals surface area contributed by atoms with Gasteiger partial charge in [0.05, 0.1) is 5.69 Å². The fourth-order valence-corrected chi connectivity index (χ4v) is 2.72. The van der Waals surface area contributed by atoms with Crippen molar-refractivity contribution >= 4 is 17.3 Å². The third-order valence-electron chi connectivity index (χ3n) is 3.37. The zero-order chi connectivity index (χ0) is 15.4. The molecule has 108 valence electrons. The summed E-state index contributed by atoms with van der Waals surface area (Å²) in [5, 5.41) is 8.87. The maximum atomic E-state index is 6.50. The Kier molecular flexibility index (Phi) is 4.26. The van der Waals surface area contributed by atoms with Gasteiger partial charge in [0.25, 0.3) is 0 Å². The molecule has 1 aromatic heterocycles. The van der Waals surface area contributed by atoms with Crippen LogP contribution in [0.25, 0.3) is 22.3 Å². The number of hydrogen-bond donors (Lipinski definition) is 0. The van der Waals surface area contributed by atoms with Crippen LogP contribution in [0.3, 0.4) is 0 Å². The van der Waals surface area contributed by atoms with Gasteiger partial charge >= 0.3 is 0 Å². The molecule has 0 aliphatic heterocycles. The van der Waals surface area contributed by atoms with Crippen molar-refractivity contribution in [3.63, 3.8) is 0 Å². The van der Waals surface area contributed by atoms with Gasteiger partial charge in [-0.3, -0.25) is 4.98 Å². The number of benzene rings is 2. The first-order valence-electron chi connectivity index (χ1n) is 6.89. The minimum atomic E-state index is 0.688. The van der Waals surface area contributed by atoms with Crippen LogP contribution in [0, 0.1) is 0 Å². The molecule has 1 heterocycles. The molecule has 0 aliphatic rings. The highest BCUT2D eigenvalue weighted by Gasteiger charge is 2.16. The average molecular weight is 308 g/mol. The summed E-state index contributed by atoms with van der Waals surface area (Å²) in [6.45, 7) is 0. The molecular weight excluding hydrogens is 294 g/mol. The molecule has 3 rings (SSSR count). The minimum absolute atomic E-state index is 0.688. The molecule has 3 nitrogen and oxygen atoms in total. The molecule has 2 aromatic carbocycles. The van der Waals surface area contributed by atoms with E-state index in [9.17, 15) is 0 Å². The maximum absolute atomic E-state index is 6.50. The van der Waals surface area contributed by atoms with Crippen LogP contribution in [-0.2, 0) is 0 Å². The first-order chi connectivity index (χ1) is 10.8. The average Bonchev–Trinajstić information content (AvgIpc) is 2.58. The lowest BCUT2D eigenvalue weighted by molar-refractivity contribution is 1.17. The van der Waals surface area contributed by atoms with Crippen molar-refractivity contribution in [1.82, 2.24) is 4.98 Å². The van der Waals surface area contributed by atoms with Crippen molar-refractivity contribution in [2.75, 3.05) is 7.05 Å². The molecule has 0 N–H and O–H groups in total. The Bertz CT molecular complexity index is 799. The number of aromatic nitrogens is 1. The molecule has 0 aliphatic carbocycles. The third-order valence-corrected chi connectivity index (χ3v) is 3.69. The highest BCUT2D eigenvalue weighted by atomic mass is 35.5. The second-order valence-electron chi connectivity index (χ2n) is 4.72. The molecule has 0 amide bonds. The Balaban J connectivity index is 2.35. The largest absolute Gasteiger partial charge is 0.265 e. The quantitative estimate of drug-likeness (QED) is 0.565. The zero-order valence-electron chi connectivity index (χ0n) is 12.1. The Labute approximate surface area is 134 Å². The summed E-state index contributed by atoms with van der Waals surface area (Å²) >= 11 is 6.50. The van der Waals surface area contributed by atoms with Crippen molar-refractivity contribution in [3.8, 4) is 22.3 Å². The Hall–Kier alpha value is -2.52. The number of azo groups is 1. The van der Waals surface area contributed by atoms with Crippen molar-refractivity contribution in [2.24, 2.45) is 10.2 Å². The number of rotatable bonds is 3. The highest BCUT2D eigenvalue weighted by molar-refractivity contribution is 6.34. The van der Waals surface area contributed by atoms with Gasteiger partial charge in [0.1, 0.15) is 0 Å². The second kappa shape index (κ2) is 6.50. The number of halogens is 1. The van der Waals surface area contributed by atoms with Gasteiger partial charge in [0.15, 0.2) is 0 Å². The van der Waals surface area contributed by atoms with E-state index >= 15 is 0 Å². The summed E-state index contributed by atoms with van der Waals surface area (Å²) in [6, 6.07) is 17.7. The molecular formula is C18H14ClN3. The Morgan fingerprint density at radius 1 is 0.818 bits per heavy atom. The van der Waals surface area contributed by atoms with Gasteiger partial charge in [-0.05, 0) is 35.4 Å². The molecule has 0 fully saturated rings. The molecule has 3 aromatic rings. The van der Waals surface area contributed by atoms with Crippen LogP contribution < -0.4 is 0 Å². The summed E-state index contributed by atoms with van der Waals surface area (Å²) in [5.41, 5.74) is 4.77. The highest BCUT2D eigenvalue weighted by Crippen LogP contribution is 2.43. The lowest BCUT2D eigenvalue weighted by Crippen LogP contribution is -1.88. The molecule has 0 saturated heterocycles. The maximum Gasteiger partial charge on any atom is 0.0938 e. The summed E-state index contributed by atoms with van der Waals surface area (Å²) in [5.74, 6) is 0. The van der Waals surface area contributed by atoms with Gasteiger partial charge < -0.3 is 0 Å². The van der Waals surface area contributed by atoms with Gasteiger partial charge in [-0.2, -0.15) is 10.2 Å². The SMILES string of the molecule is CN=Nc1ccc(Cl)c(-c2ccccc2)c1-c1ccncc1. The summed E-state index contributed by atoms with van der Waals surface area (Å²) in [7, 11) is 1.66. The molecule has 4 heteroatoms. The Morgan fingerprint density at radius 3 is 2.18 bits per heavy atom. The minimum Gasteiger partial charge on any atom is -0.265 e. The van der Waals surface area contributed by atoms with Crippen LogP contribution in [0.15, 0.2) is 77.2 Å². The van der Waals surface area contributed by atoms with E-state index in [0.717, 1.165) is 27.9 Å². The van der Waals surface area contributed by atoms with Crippen molar-refractivity contribution < 1.29 is 0 Å².